The van der Waals surface area contributed by atoms with E-state index in [4.69, 9.17) is 9.72 Å². The van der Waals surface area contributed by atoms with Crippen molar-refractivity contribution >= 4 is 41.3 Å². The smallest absolute Gasteiger partial charge is 0.191 e. The van der Waals surface area contributed by atoms with Gasteiger partial charge in [0.05, 0.1) is 23.9 Å². The molecule has 8 heteroatoms. The fourth-order valence-electron chi connectivity index (χ4n) is 4.24. The first-order chi connectivity index (χ1) is 15.3. The molecule has 2 heterocycles. The number of guanidine groups is 1. The van der Waals surface area contributed by atoms with Crippen LogP contribution in [-0.2, 0) is 37.1 Å². The molecular weight excluding hydrogens is 533 g/mol. The van der Waals surface area contributed by atoms with Crippen LogP contribution >= 0.6 is 35.3 Å². The van der Waals surface area contributed by atoms with E-state index in [1.54, 1.807) is 0 Å². The third-order valence-electron chi connectivity index (χ3n) is 6.04. The molecule has 1 aromatic heterocycles. The molecule has 1 saturated heterocycles. The molecule has 0 amide bonds. The maximum Gasteiger partial charge on any atom is 0.191 e. The van der Waals surface area contributed by atoms with Crippen LogP contribution in [0.15, 0.2) is 29.3 Å². The van der Waals surface area contributed by atoms with Crippen molar-refractivity contribution in [1.29, 1.82) is 0 Å². The highest BCUT2D eigenvalue weighted by Crippen LogP contribution is 2.27. The predicted octanol–water partition coefficient (Wildman–Crippen LogP) is 3.77. The van der Waals surface area contributed by atoms with Gasteiger partial charge in [0.2, 0.25) is 0 Å². The van der Waals surface area contributed by atoms with Gasteiger partial charge in [-0.15, -0.1) is 35.3 Å². The third-order valence-corrected chi connectivity index (χ3v) is 7.25. The molecule has 0 bridgehead atoms. The zero-order chi connectivity index (χ0) is 21.3. The fraction of sp³-hybridized carbons (Fsp3) is 0.583. The van der Waals surface area contributed by atoms with E-state index in [1.165, 1.54) is 52.4 Å². The summed E-state index contributed by atoms with van der Waals surface area (Å²) in [5, 5.41) is 8.25. The van der Waals surface area contributed by atoms with Crippen LogP contribution in [-0.4, -0.2) is 55.7 Å². The van der Waals surface area contributed by atoms with E-state index in [0.29, 0.717) is 0 Å². The Hall–Kier alpha value is -1.23. The Bertz CT molecular complexity index is 842. The van der Waals surface area contributed by atoms with Crippen molar-refractivity contribution in [3.8, 4) is 0 Å². The Balaban J connectivity index is 0.00000289. The normalized spacial score (nSPS) is 16.8. The first-order valence-electron chi connectivity index (χ1n) is 11.6. The number of benzene rings is 1. The molecule has 0 spiro atoms. The van der Waals surface area contributed by atoms with E-state index in [2.05, 4.69) is 44.8 Å². The Labute approximate surface area is 213 Å². The van der Waals surface area contributed by atoms with Crippen LogP contribution < -0.4 is 10.6 Å². The van der Waals surface area contributed by atoms with Gasteiger partial charge in [-0.2, -0.15) is 0 Å². The molecule has 0 radical (unpaired) electrons. The molecule has 1 fully saturated rings. The van der Waals surface area contributed by atoms with Crippen LogP contribution in [0.4, 0.5) is 0 Å². The van der Waals surface area contributed by atoms with Crippen LogP contribution in [0.1, 0.15) is 46.0 Å². The zero-order valence-electron chi connectivity index (χ0n) is 19.1. The van der Waals surface area contributed by atoms with Crippen LogP contribution in [0.5, 0.6) is 0 Å². The number of halogens is 1. The summed E-state index contributed by atoms with van der Waals surface area (Å²) in [5.41, 5.74) is 4.07. The SMILES string of the molecule is CN=C(NCCCc1nc2c(s1)CCCC2)NCc1ccccc1CN1CCOCC1.I. The van der Waals surface area contributed by atoms with Crippen LogP contribution in [0.3, 0.4) is 0 Å². The molecule has 2 aliphatic rings. The number of aryl methyl sites for hydroxylation is 3. The minimum atomic E-state index is 0. The Morgan fingerprint density at radius 3 is 2.69 bits per heavy atom. The van der Waals surface area contributed by atoms with Crippen LogP contribution in [0, 0.1) is 0 Å². The van der Waals surface area contributed by atoms with Crippen molar-refractivity contribution < 1.29 is 4.74 Å². The fourth-order valence-corrected chi connectivity index (χ4v) is 5.44. The molecule has 0 saturated carbocycles. The topological polar surface area (TPSA) is 61.8 Å². The second kappa shape index (κ2) is 13.5. The van der Waals surface area contributed by atoms with Gasteiger partial charge in [-0.3, -0.25) is 9.89 Å². The van der Waals surface area contributed by atoms with Crippen LogP contribution in [0.2, 0.25) is 0 Å². The number of morpholine rings is 1. The molecule has 0 unspecified atom stereocenters. The predicted molar refractivity (Wildman–Crippen MR) is 143 cm³/mol. The quantitative estimate of drug-likeness (QED) is 0.220. The molecular formula is C24H36IN5OS. The van der Waals surface area contributed by atoms with Crippen molar-refractivity contribution in [2.45, 2.75) is 51.6 Å². The minimum Gasteiger partial charge on any atom is -0.379 e. The number of fused-ring (bicyclic) bond motifs is 1. The van der Waals surface area contributed by atoms with Gasteiger partial charge in [0.1, 0.15) is 0 Å². The van der Waals surface area contributed by atoms with E-state index in [1.807, 2.05) is 18.4 Å². The number of ether oxygens (including phenoxy) is 1. The van der Waals surface area contributed by atoms with Gasteiger partial charge in [0.15, 0.2) is 5.96 Å². The number of hydrogen-bond donors (Lipinski definition) is 2. The van der Waals surface area contributed by atoms with Gasteiger partial charge >= 0.3 is 0 Å². The lowest BCUT2D eigenvalue weighted by atomic mass is 10.0. The maximum atomic E-state index is 5.48. The molecule has 1 aromatic carbocycles. The first-order valence-corrected chi connectivity index (χ1v) is 12.4. The summed E-state index contributed by atoms with van der Waals surface area (Å²) in [4.78, 5) is 13.2. The highest BCUT2D eigenvalue weighted by molar-refractivity contribution is 14.0. The van der Waals surface area contributed by atoms with Gasteiger partial charge in [-0.25, -0.2) is 4.98 Å². The molecule has 1 aliphatic carbocycles. The van der Waals surface area contributed by atoms with Crippen molar-refractivity contribution in [3.63, 3.8) is 0 Å². The van der Waals surface area contributed by atoms with Gasteiger partial charge in [-0.1, -0.05) is 24.3 Å². The largest absolute Gasteiger partial charge is 0.379 e. The number of aromatic nitrogens is 1. The van der Waals surface area contributed by atoms with Crippen molar-refractivity contribution in [1.82, 2.24) is 20.5 Å². The summed E-state index contributed by atoms with van der Waals surface area (Å²) in [7, 11) is 1.84. The van der Waals surface area contributed by atoms with E-state index in [9.17, 15) is 0 Å². The second-order valence-corrected chi connectivity index (χ2v) is 9.47. The average molecular weight is 570 g/mol. The Morgan fingerprint density at radius 2 is 1.91 bits per heavy atom. The summed E-state index contributed by atoms with van der Waals surface area (Å²) in [6, 6.07) is 8.68. The summed E-state index contributed by atoms with van der Waals surface area (Å²) in [6.45, 7) is 6.34. The van der Waals surface area contributed by atoms with E-state index < -0.39 is 0 Å². The second-order valence-electron chi connectivity index (χ2n) is 8.30. The highest BCUT2D eigenvalue weighted by Gasteiger charge is 2.15. The van der Waals surface area contributed by atoms with Gasteiger partial charge in [0, 0.05) is 51.1 Å². The molecule has 4 rings (SSSR count). The molecule has 0 atom stereocenters. The molecule has 6 nitrogen and oxygen atoms in total. The van der Waals surface area contributed by atoms with E-state index in [-0.39, 0.29) is 24.0 Å². The molecule has 32 heavy (non-hydrogen) atoms. The number of nitrogens with one attached hydrogen (secondary N) is 2. The summed E-state index contributed by atoms with van der Waals surface area (Å²) < 4.78 is 5.48. The number of aliphatic imine (C=N–C) groups is 1. The first kappa shape index (κ1) is 25.4. The number of nitrogens with zero attached hydrogens (tertiary/aromatic N) is 3. The molecule has 2 N–H and O–H groups in total. The lowest BCUT2D eigenvalue weighted by Gasteiger charge is -2.27. The lowest BCUT2D eigenvalue weighted by Crippen LogP contribution is -2.38. The van der Waals surface area contributed by atoms with Crippen molar-refractivity contribution in [2.24, 2.45) is 4.99 Å². The molecule has 2 aromatic rings. The Kier molecular flexibility index (Phi) is 10.7. The van der Waals surface area contributed by atoms with E-state index >= 15 is 0 Å². The van der Waals surface area contributed by atoms with Crippen molar-refractivity contribution in [2.75, 3.05) is 39.9 Å². The number of thiazole rings is 1. The summed E-state index contributed by atoms with van der Waals surface area (Å²) in [5.74, 6) is 0.861. The minimum absolute atomic E-state index is 0. The van der Waals surface area contributed by atoms with Gasteiger partial charge < -0.3 is 15.4 Å². The number of hydrogen-bond acceptors (Lipinski definition) is 5. The van der Waals surface area contributed by atoms with E-state index in [0.717, 1.165) is 64.7 Å². The standard InChI is InChI=1S/C24H35N5OS.HI/c1-25-24(26-12-6-11-23-28-21-9-4-5-10-22(21)31-23)27-17-19-7-2-3-8-20(19)18-29-13-15-30-16-14-29;/h2-3,7-8H,4-6,9-18H2,1H3,(H2,25,26,27);1H. The highest BCUT2D eigenvalue weighted by atomic mass is 127. The summed E-state index contributed by atoms with van der Waals surface area (Å²) in [6.07, 6.45) is 7.15. The zero-order valence-corrected chi connectivity index (χ0v) is 22.2. The number of rotatable bonds is 8. The third kappa shape index (κ3) is 7.40. The average Bonchev–Trinajstić information content (AvgIpc) is 3.23. The molecule has 1 aliphatic heterocycles. The molecule has 176 valence electrons. The van der Waals surface area contributed by atoms with Gasteiger partial charge in [-0.05, 0) is 43.2 Å². The Morgan fingerprint density at radius 1 is 1.12 bits per heavy atom. The maximum absolute atomic E-state index is 5.48. The van der Waals surface area contributed by atoms with Crippen molar-refractivity contribution in [3.05, 3.63) is 51.0 Å². The monoisotopic (exact) mass is 569 g/mol. The van der Waals surface area contributed by atoms with Gasteiger partial charge in [0.25, 0.3) is 0 Å². The van der Waals surface area contributed by atoms with Crippen LogP contribution in [0.25, 0.3) is 0 Å². The lowest BCUT2D eigenvalue weighted by molar-refractivity contribution is 0.0341. The summed E-state index contributed by atoms with van der Waals surface area (Å²) >= 11 is 1.93.